The number of benzene rings is 1. The monoisotopic (exact) mass is 475 g/mol. The number of hydrogen-bond acceptors (Lipinski definition) is 4. The molecule has 3 amide bonds. The highest BCUT2D eigenvalue weighted by Crippen LogP contribution is 2.38. The zero-order valence-electron chi connectivity index (χ0n) is 19.7. The predicted octanol–water partition coefficient (Wildman–Crippen LogP) is 4.30. The molecule has 0 spiro atoms. The summed E-state index contributed by atoms with van der Waals surface area (Å²) in [4.78, 5) is 41.8. The van der Waals surface area contributed by atoms with Crippen LogP contribution < -0.4 is 5.32 Å². The summed E-state index contributed by atoms with van der Waals surface area (Å²) in [5.74, 6) is 0.363. The fourth-order valence-electron chi connectivity index (χ4n) is 5.49. The van der Waals surface area contributed by atoms with Crippen molar-refractivity contribution in [2.24, 2.45) is 5.92 Å². The molecule has 1 aromatic carbocycles. The third-order valence-electron chi connectivity index (χ3n) is 6.98. The van der Waals surface area contributed by atoms with E-state index in [1.165, 1.54) is 0 Å². The summed E-state index contributed by atoms with van der Waals surface area (Å²) in [5, 5.41) is 3.69. The summed E-state index contributed by atoms with van der Waals surface area (Å²) in [6.07, 6.45) is 4.52. The Kier molecular flexibility index (Phi) is 6.89. The van der Waals surface area contributed by atoms with Crippen LogP contribution in [-0.4, -0.2) is 58.5 Å². The van der Waals surface area contributed by atoms with E-state index in [9.17, 15) is 14.4 Å². The molecule has 3 aliphatic rings. The average molecular weight is 476 g/mol. The van der Waals surface area contributed by atoms with E-state index in [0.29, 0.717) is 11.6 Å². The van der Waals surface area contributed by atoms with Gasteiger partial charge in [-0.2, -0.15) is 0 Å². The molecule has 2 atom stereocenters. The van der Waals surface area contributed by atoms with Crippen LogP contribution in [0.2, 0.25) is 5.02 Å². The first kappa shape index (κ1) is 23.9. The lowest BCUT2D eigenvalue weighted by molar-refractivity contribution is -0.156. The summed E-state index contributed by atoms with van der Waals surface area (Å²) in [6.45, 7) is 6.42. The molecular formula is C25H34ClN3O4. The number of carbonyl (C=O) groups excluding carboxylic acids is 3. The maximum Gasteiger partial charge on any atom is 0.408 e. The van der Waals surface area contributed by atoms with E-state index < -0.39 is 11.7 Å². The first-order valence-corrected chi connectivity index (χ1v) is 12.3. The zero-order chi connectivity index (χ0) is 23.8. The third kappa shape index (κ3) is 5.45. The zero-order valence-corrected chi connectivity index (χ0v) is 20.4. The molecule has 1 unspecified atom stereocenters. The molecule has 2 saturated heterocycles. The number of halogens is 1. The number of carbonyl (C=O) groups is 3. The Morgan fingerprint density at radius 3 is 2.52 bits per heavy atom. The van der Waals surface area contributed by atoms with Crippen molar-refractivity contribution in [2.75, 3.05) is 13.1 Å². The topological polar surface area (TPSA) is 79.0 Å². The standard InChI is InChI=1S/C25H34ClN3O4/c1-25(2,3)33-24(32)27-22(17-6-4-7-18(26)14-17)16-9-11-19(12-10-16)29-15-21(30)28-13-5-8-20(28)23(29)31/h4,6-7,14,16,19-20,22H,5,8-13,15H2,1-3H3,(H,27,32)/t16?,19?,20-,22?/m0/s1. The van der Waals surface area contributed by atoms with E-state index in [1.807, 2.05) is 49.9 Å². The molecule has 2 aliphatic heterocycles. The first-order chi connectivity index (χ1) is 15.6. The number of nitrogens with one attached hydrogen (secondary N) is 1. The maximum absolute atomic E-state index is 13.0. The molecule has 1 N–H and O–H groups in total. The van der Waals surface area contributed by atoms with Crippen LogP contribution in [0.3, 0.4) is 0 Å². The molecule has 1 aromatic rings. The normalized spacial score (nSPS) is 26.7. The van der Waals surface area contributed by atoms with E-state index in [2.05, 4.69) is 5.32 Å². The van der Waals surface area contributed by atoms with Gasteiger partial charge in [-0.1, -0.05) is 23.7 Å². The fourth-order valence-corrected chi connectivity index (χ4v) is 5.69. The molecule has 2 heterocycles. The number of hydrogen-bond donors (Lipinski definition) is 1. The Balaban J connectivity index is 1.45. The van der Waals surface area contributed by atoms with Gasteiger partial charge in [-0.3, -0.25) is 9.59 Å². The highest BCUT2D eigenvalue weighted by Gasteiger charge is 2.45. The molecule has 8 heteroatoms. The van der Waals surface area contributed by atoms with Crippen LogP contribution in [0.25, 0.3) is 0 Å². The molecule has 1 saturated carbocycles. The molecule has 0 bridgehead atoms. The van der Waals surface area contributed by atoms with Gasteiger partial charge in [0.25, 0.3) is 0 Å². The highest BCUT2D eigenvalue weighted by atomic mass is 35.5. The van der Waals surface area contributed by atoms with Crippen LogP contribution in [0.15, 0.2) is 24.3 Å². The van der Waals surface area contributed by atoms with E-state index in [1.54, 1.807) is 4.90 Å². The quantitative estimate of drug-likeness (QED) is 0.704. The number of amides is 3. The summed E-state index contributed by atoms with van der Waals surface area (Å²) < 4.78 is 5.51. The maximum atomic E-state index is 13.0. The minimum atomic E-state index is -0.587. The Morgan fingerprint density at radius 1 is 1.12 bits per heavy atom. The molecule has 1 aliphatic carbocycles. The number of nitrogens with zero attached hydrogens (tertiary/aromatic N) is 2. The molecule has 33 heavy (non-hydrogen) atoms. The summed E-state index contributed by atoms with van der Waals surface area (Å²) in [6, 6.07) is 7.14. The molecule has 180 valence electrons. The average Bonchev–Trinajstić information content (AvgIpc) is 3.25. The van der Waals surface area contributed by atoms with Crippen molar-refractivity contribution in [3.8, 4) is 0 Å². The van der Waals surface area contributed by atoms with Crippen molar-refractivity contribution >= 4 is 29.5 Å². The molecule has 3 fully saturated rings. The second kappa shape index (κ2) is 9.53. The minimum absolute atomic E-state index is 0.0713. The van der Waals surface area contributed by atoms with Gasteiger partial charge >= 0.3 is 6.09 Å². The first-order valence-electron chi connectivity index (χ1n) is 12.0. The van der Waals surface area contributed by atoms with Crippen molar-refractivity contribution < 1.29 is 19.1 Å². The van der Waals surface area contributed by atoms with Crippen molar-refractivity contribution in [1.29, 1.82) is 0 Å². The Labute approximate surface area is 200 Å². The molecule has 0 radical (unpaired) electrons. The van der Waals surface area contributed by atoms with E-state index in [0.717, 1.165) is 44.1 Å². The number of rotatable bonds is 4. The van der Waals surface area contributed by atoms with Gasteiger partial charge in [0.1, 0.15) is 18.2 Å². The summed E-state index contributed by atoms with van der Waals surface area (Å²) in [5.41, 5.74) is 0.359. The third-order valence-corrected chi connectivity index (χ3v) is 7.22. The van der Waals surface area contributed by atoms with E-state index >= 15 is 0 Å². The largest absolute Gasteiger partial charge is 0.444 e. The number of fused-ring (bicyclic) bond motifs is 1. The van der Waals surface area contributed by atoms with Gasteiger partial charge < -0.3 is 19.9 Å². The summed E-state index contributed by atoms with van der Waals surface area (Å²) >= 11 is 6.25. The molecule has 4 rings (SSSR count). The number of ether oxygens (including phenoxy) is 1. The minimum Gasteiger partial charge on any atom is -0.444 e. The van der Waals surface area contributed by atoms with Gasteiger partial charge in [0.2, 0.25) is 11.8 Å². The highest BCUT2D eigenvalue weighted by molar-refractivity contribution is 6.30. The lowest BCUT2D eigenvalue weighted by atomic mass is 9.78. The molecule has 0 aromatic heterocycles. The summed E-state index contributed by atoms with van der Waals surface area (Å²) in [7, 11) is 0. The number of alkyl carbamates (subject to hydrolysis) is 1. The lowest BCUT2D eigenvalue weighted by Crippen LogP contribution is -2.60. The van der Waals surface area contributed by atoms with Gasteiger partial charge in [-0.15, -0.1) is 0 Å². The predicted molar refractivity (Wildman–Crippen MR) is 126 cm³/mol. The van der Waals surface area contributed by atoms with Crippen LogP contribution in [-0.2, 0) is 14.3 Å². The Bertz CT molecular complexity index is 907. The van der Waals surface area contributed by atoms with Crippen molar-refractivity contribution in [1.82, 2.24) is 15.1 Å². The van der Waals surface area contributed by atoms with Gasteiger partial charge in [0.15, 0.2) is 0 Å². The van der Waals surface area contributed by atoms with Crippen LogP contribution in [0.1, 0.15) is 70.9 Å². The van der Waals surface area contributed by atoms with Gasteiger partial charge in [0.05, 0.1) is 6.04 Å². The molecule has 7 nitrogen and oxygen atoms in total. The number of piperazine rings is 1. The Hall–Kier alpha value is -2.28. The lowest BCUT2D eigenvalue weighted by Gasteiger charge is -2.44. The van der Waals surface area contributed by atoms with Gasteiger partial charge in [-0.05, 0) is 82.9 Å². The SMILES string of the molecule is CC(C)(C)OC(=O)NC(c1cccc(Cl)c1)C1CCC(N2CC(=O)N3CCC[C@H]3C2=O)CC1. The van der Waals surface area contributed by atoms with Gasteiger partial charge in [0, 0.05) is 17.6 Å². The van der Waals surface area contributed by atoms with Crippen LogP contribution in [0, 0.1) is 5.92 Å². The van der Waals surface area contributed by atoms with Crippen LogP contribution in [0.4, 0.5) is 4.79 Å². The second-order valence-corrected chi connectivity index (χ2v) is 10.9. The van der Waals surface area contributed by atoms with E-state index in [-0.39, 0.29) is 42.4 Å². The van der Waals surface area contributed by atoms with Crippen LogP contribution >= 0.6 is 11.6 Å². The van der Waals surface area contributed by atoms with Crippen LogP contribution in [0.5, 0.6) is 0 Å². The Morgan fingerprint density at radius 2 is 1.85 bits per heavy atom. The van der Waals surface area contributed by atoms with Crippen molar-refractivity contribution in [2.45, 2.75) is 83.0 Å². The second-order valence-electron chi connectivity index (χ2n) is 10.5. The fraction of sp³-hybridized carbons (Fsp3) is 0.640. The van der Waals surface area contributed by atoms with E-state index in [4.69, 9.17) is 16.3 Å². The molecular weight excluding hydrogens is 442 g/mol. The van der Waals surface area contributed by atoms with Crippen molar-refractivity contribution in [3.63, 3.8) is 0 Å². The smallest absolute Gasteiger partial charge is 0.408 e. The van der Waals surface area contributed by atoms with Crippen molar-refractivity contribution in [3.05, 3.63) is 34.9 Å². The van der Waals surface area contributed by atoms with Gasteiger partial charge in [-0.25, -0.2) is 4.79 Å².